The second kappa shape index (κ2) is 10.2. The molecule has 30 heavy (non-hydrogen) atoms. The first-order chi connectivity index (χ1) is 14.2. The average molecular weight is 518 g/mol. The molecule has 2 aromatic carbocycles. The quantitative estimate of drug-likeness (QED) is 0.205. The Bertz CT molecular complexity index is 1120. The first-order valence-electron chi connectivity index (χ1n) is 9.51. The second-order valence-corrected chi connectivity index (χ2v) is 6.72. The van der Waals surface area contributed by atoms with Crippen LogP contribution in [0.2, 0.25) is 0 Å². The molecule has 0 unspecified atom stereocenters. The van der Waals surface area contributed by atoms with Crippen LogP contribution in [0.4, 0.5) is 4.39 Å². The number of aromatic nitrogens is 3. The summed E-state index contributed by atoms with van der Waals surface area (Å²) in [6, 6.07) is 13.4. The van der Waals surface area contributed by atoms with E-state index in [1.807, 2.05) is 24.4 Å². The monoisotopic (exact) mass is 518 g/mol. The first-order valence-corrected chi connectivity index (χ1v) is 9.51. The number of fused-ring (bicyclic) bond motifs is 1. The van der Waals surface area contributed by atoms with Gasteiger partial charge >= 0.3 is 0 Å². The number of hydrogen-bond donors (Lipinski definition) is 3. The van der Waals surface area contributed by atoms with E-state index in [-0.39, 0.29) is 29.8 Å². The fourth-order valence-corrected chi connectivity index (χ4v) is 3.33. The lowest BCUT2D eigenvalue weighted by Gasteiger charge is -2.12. The van der Waals surface area contributed by atoms with Gasteiger partial charge in [0.2, 0.25) is 0 Å². The number of imidazole rings is 1. The van der Waals surface area contributed by atoms with Crippen LogP contribution in [0.1, 0.15) is 11.1 Å². The number of benzene rings is 2. The van der Waals surface area contributed by atoms with Gasteiger partial charge in [-0.3, -0.25) is 4.99 Å². The summed E-state index contributed by atoms with van der Waals surface area (Å²) < 4.78 is 16.0. The summed E-state index contributed by atoms with van der Waals surface area (Å²) in [5.74, 6) is 0.397. The number of aliphatic imine (C=N–C) groups is 1. The molecule has 0 radical (unpaired) electrons. The second-order valence-electron chi connectivity index (χ2n) is 6.72. The SMILES string of the molecule is CN=C(NCCc1c[nH]c2ccccc12)NCc1ccc(-n2ccnc2)c(F)c1.I. The number of aromatic amines is 1. The summed E-state index contributed by atoms with van der Waals surface area (Å²) in [4.78, 5) is 11.5. The Balaban J connectivity index is 0.00000256. The molecule has 4 rings (SSSR count). The van der Waals surface area contributed by atoms with E-state index in [1.165, 1.54) is 17.0 Å². The van der Waals surface area contributed by atoms with Gasteiger partial charge in [0.05, 0.1) is 12.0 Å². The summed E-state index contributed by atoms with van der Waals surface area (Å²) in [6.45, 7) is 1.23. The lowest BCUT2D eigenvalue weighted by Crippen LogP contribution is -2.37. The van der Waals surface area contributed by atoms with Gasteiger partial charge in [-0.2, -0.15) is 0 Å². The fourth-order valence-electron chi connectivity index (χ4n) is 3.33. The number of halogens is 2. The Labute approximate surface area is 191 Å². The van der Waals surface area contributed by atoms with E-state index in [1.54, 1.807) is 36.4 Å². The highest BCUT2D eigenvalue weighted by molar-refractivity contribution is 14.0. The van der Waals surface area contributed by atoms with Crippen molar-refractivity contribution in [2.45, 2.75) is 13.0 Å². The molecule has 0 bridgehead atoms. The highest BCUT2D eigenvalue weighted by atomic mass is 127. The Morgan fingerprint density at radius 3 is 2.83 bits per heavy atom. The molecular formula is C22H24FIN6. The predicted molar refractivity (Wildman–Crippen MR) is 129 cm³/mol. The van der Waals surface area contributed by atoms with Crippen molar-refractivity contribution in [2.75, 3.05) is 13.6 Å². The Kier molecular flexibility index (Phi) is 7.45. The number of hydrogen-bond acceptors (Lipinski definition) is 2. The van der Waals surface area contributed by atoms with Gasteiger partial charge in [-0.1, -0.05) is 24.3 Å². The average Bonchev–Trinajstić information content (AvgIpc) is 3.41. The van der Waals surface area contributed by atoms with Gasteiger partial charge in [-0.25, -0.2) is 9.37 Å². The summed E-state index contributed by atoms with van der Waals surface area (Å²) in [7, 11) is 1.73. The lowest BCUT2D eigenvalue weighted by molar-refractivity contribution is 0.615. The Morgan fingerprint density at radius 2 is 2.07 bits per heavy atom. The zero-order valence-corrected chi connectivity index (χ0v) is 18.9. The van der Waals surface area contributed by atoms with Crippen LogP contribution in [-0.4, -0.2) is 34.1 Å². The van der Waals surface area contributed by atoms with Gasteiger partial charge < -0.3 is 20.2 Å². The van der Waals surface area contributed by atoms with Crippen LogP contribution in [0.5, 0.6) is 0 Å². The minimum Gasteiger partial charge on any atom is -0.361 e. The maximum atomic E-state index is 14.4. The standard InChI is InChI=1S/C22H23FN6.HI/c1-24-22(26-9-8-17-14-27-20-5-3-2-4-18(17)20)28-13-16-6-7-21(19(23)12-16)29-11-10-25-15-29;/h2-7,10-12,14-15,27H,8-9,13H2,1H3,(H2,24,26,28);1H. The number of guanidine groups is 1. The van der Waals surface area contributed by atoms with Crippen molar-refractivity contribution in [2.24, 2.45) is 4.99 Å². The molecule has 156 valence electrons. The highest BCUT2D eigenvalue weighted by Gasteiger charge is 2.07. The Morgan fingerprint density at radius 1 is 1.20 bits per heavy atom. The van der Waals surface area contributed by atoms with Crippen molar-refractivity contribution < 1.29 is 4.39 Å². The molecule has 0 saturated heterocycles. The maximum Gasteiger partial charge on any atom is 0.191 e. The number of H-pyrrole nitrogens is 1. The largest absolute Gasteiger partial charge is 0.361 e. The molecule has 2 aromatic heterocycles. The van der Waals surface area contributed by atoms with Gasteiger partial charge in [0, 0.05) is 49.6 Å². The molecular weight excluding hydrogens is 494 g/mol. The normalized spacial score (nSPS) is 11.3. The molecule has 4 aromatic rings. The van der Waals surface area contributed by atoms with E-state index in [4.69, 9.17) is 0 Å². The molecule has 0 spiro atoms. The minimum atomic E-state index is -0.287. The van der Waals surface area contributed by atoms with Crippen LogP contribution in [-0.2, 0) is 13.0 Å². The molecule has 2 heterocycles. The van der Waals surface area contributed by atoms with Gasteiger partial charge in [-0.05, 0) is 35.7 Å². The fraction of sp³-hybridized carbons (Fsp3) is 0.182. The van der Waals surface area contributed by atoms with Gasteiger partial charge in [0.1, 0.15) is 5.82 Å². The van der Waals surface area contributed by atoms with E-state index < -0.39 is 0 Å². The Hall–Kier alpha value is -2.88. The van der Waals surface area contributed by atoms with E-state index in [2.05, 4.69) is 37.7 Å². The van der Waals surface area contributed by atoms with Crippen LogP contribution in [0.25, 0.3) is 16.6 Å². The van der Waals surface area contributed by atoms with Crippen molar-refractivity contribution in [3.8, 4) is 5.69 Å². The molecule has 6 nitrogen and oxygen atoms in total. The molecule has 0 fully saturated rings. The van der Waals surface area contributed by atoms with Crippen LogP contribution in [0, 0.1) is 5.82 Å². The minimum absolute atomic E-state index is 0. The molecule has 0 aliphatic rings. The van der Waals surface area contributed by atoms with Gasteiger partial charge in [-0.15, -0.1) is 24.0 Å². The first kappa shape index (κ1) is 21.8. The summed E-state index contributed by atoms with van der Waals surface area (Å²) >= 11 is 0. The van der Waals surface area contributed by atoms with Crippen LogP contribution in [0.3, 0.4) is 0 Å². The molecule has 8 heteroatoms. The topological polar surface area (TPSA) is 70.0 Å². The van der Waals surface area contributed by atoms with E-state index in [0.29, 0.717) is 18.2 Å². The molecule has 3 N–H and O–H groups in total. The summed E-state index contributed by atoms with van der Waals surface area (Å²) in [6.07, 6.45) is 7.85. The van der Waals surface area contributed by atoms with Gasteiger partial charge in [0.15, 0.2) is 5.96 Å². The van der Waals surface area contributed by atoms with Crippen LogP contribution < -0.4 is 10.6 Å². The number of para-hydroxylation sites is 1. The zero-order chi connectivity index (χ0) is 20.1. The third-order valence-corrected chi connectivity index (χ3v) is 4.84. The lowest BCUT2D eigenvalue weighted by atomic mass is 10.1. The van der Waals surface area contributed by atoms with Crippen molar-refractivity contribution in [1.82, 2.24) is 25.2 Å². The summed E-state index contributed by atoms with van der Waals surface area (Å²) in [5, 5.41) is 7.78. The number of nitrogens with zero attached hydrogens (tertiary/aromatic N) is 3. The van der Waals surface area contributed by atoms with Crippen molar-refractivity contribution in [1.29, 1.82) is 0 Å². The third-order valence-electron chi connectivity index (χ3n) is 4.84. The van der Waals surface area contributed by atoms with E-state index >= 15 is 0 Å². The third kappa shape index (κ3) is 4.99. The molecule has 0 aliphatic heterocycles. The maximum absolute atomic E-state index is 14.4. The highest BCUT2D eigenvalue weighted by Crippen LogP contribution is 2.18. The number of nitrogens with one attached hydrogen (secondary N) is 3. The van der Waals surface area contributed by atoms with Crippen LogP contribution >= 0.6 is 24.0 Å². The van der Waals surface area contributed by atoms with Crippen molar-refractivity contribution >= 4 is 40.8 Å². The molecule has 0 aliphatic carbocycles. The van der Waals surface area contributed by atoms with Crippen molar-refractivity contribution in [3.63, 3.8) is 0 Å². The summed E-state index contributed by atoms with van der Waals surface area (Å²) in [5.41, 5.74) is 3.73. The molecule has 0 saturated carbocycles. The van der Waals surface area contributed by atoms with E-state index in [0.717, 1.165) is 24.0 Å². The molecule has 0 atom stereocenters. The predicted octanol–water partition coefficient (Wildman–Crippen LogP) is 4.02. The van der Waals surface area contributed by atoms with Crippen LogP contribution in [0.15, 0.2) is 72.4 Å². The number of rotatable bonds is 6. The van der Waals surface area contributed by atoms with Crippen molar-refractivity contribution in [3.05, 3.63) is 84.3 Å². The zero-order valence-electron chi connectivity index (χ0n) is 16.6. The van der Waals surface area contributed by atoms with E-state index in [9.17, 15) is 4.39 Å². The smallest absolute Gasteiger partial charge is 0.191 e. The molecule has 0 amide bonds. The van der Waals surface area contributed by atoms with Gasteiger partial charge in [0.25, 0.3) is 0 Å².